The SMILES string of the molecule is Nc1nc2ccc([C@@H](O)CN3CCCCC3)cc2s1. The Balaban J connectivity index is 1.74. The van der Waals surface area contributed by atoms with E-state index in [-0.39, 0.29) is 0 Å². The van der Waals surface area contributed by atoms with Crippen LogP contribution in [0.25, 0.3) is 10.2 Å². The Morgan fingerprint density at radius 3 is 2.89 bits per heavy atom. The number of hydrogen-bond acceptors (Lipinski definition) is 5. The smallest absolute Gasteiger partial charge is 0.181 e. The van der Waals surface area contributed by atoms with Crippen LogP contribution in [0.15, 0.2) is 18.2 Å². The van der Waals surface area contributed by atoms with Gasteiger partial charge >= 0.3 is 0 Å². The number of benzene rings is 1. The van der Waals surface area contributed by atoms with Crippen molar-refractivity contribution >= 4 is 26.7 Å². The van der Waals surface area contributed by atoms with Crippen LogP contribution in [0, 0.1) is 0 Å². The van der Waals surface area contributed by atoms with E-state index in [0.717, 1.165) is 35.4 Å². The Morgan fingerprint density at radius 1 is 1.32 bits per heavy atom. The molecule has 0 amide bonds. The number of likely N-dealkylation sites (tertiary alicyclic amines) is 1. The van der Waals surface area contributed by atoms with E-state index in [1.807, 2.05) is 18.2 Å². The first-order valence-corrected chi connectivity index (χ1v) is 7.60. The summed E-state index contributed by atoms with van der Waals surface area (Å²) < 4.78 is 1.05. The summed E-state index contributed by atoms with van der Waals surface area (Å²) in [4.78, 5) is 6.58. The van der Waals surface area contributed by atoms with Crippen LogP contribution in [0.4, 0.5) is 5.13 Å². The summed E-state index contributed by atoms with van der Waals surface area (Å²) in [7, 11) is 0. The molecule has 2 heterocycles. The molecular formula is C14H19N3OS. The first-order valence-electron chi connectivity index (χ1n) is 6.79. The number of anilines is 1. The summed E-state index contributed by atoms with van der Waals surface area (Å²) in [5, 5.41) is 10.9. The maximum atomic E-state index is 10.4. The minimum absolute atomic E-state index is 0.425. The topological polar surface area (TPSA) is 62.4 Å². The van der Waals surface area contributed by atoms with Gasteiger partial charge in [0.15, 0.2) is 5.13 Å². The van der Waals surface area contributed by atoms with Crippen LogP contribution >= 0.6 is 11.3 Å². The highest BCUT2D eigenvalue weighted by molar-refractivity contribution is 7.22. The van der Waals surface area contributed by atoms with Crippen molar-refractivity contribution in [1.82, 2.24) is 9.88 Å². The molecule has 0 bridgehead atoms. The Bertz CT molecular complexity index is 563. The number of aliphatic hydroxyl groups is 1. The van der Waals surface area contributed by atoms with Crippen molar-refractivity contribution in [2.75, 3.05) is 25.4 Å². The second-order valence-corrected chi connectivity index (χ2v) is 6.22. The van der Waals surface area contributed by atoms with Crippen LogP contribution in [0.3, 0.4) is 0 Å². The van der Waals surface area contributed by atoms with E-state index in [1.54, 1.807) is 0 Å². The summed E-state index contributed by atoms with van der Waals surface area (Å²) in [6.45, 7) is 2.93. The minimum atomic E-state index is -0.425. The fraction of sp³-hybridized carbons (Fsp3) is 0.500. The third-order valence-electron chi connectivity index (χ3n) is 3.69. The van der Waals surface area contributed by atoms with Gasteiger partial charge in [0.2, 0.25) is 0 Å². The highest BCUT2D eigenvalue weighted by Gasteiger charge is 2.16. The summed E-state index contributed by atoms with van der Waals surface area (Å²) in [6, 6.07) is 5.91. The monoisotopic (exact) mass is 277 g/mol. The van der Waals surface area contributed by atoms with Crippen molar-refractivity contribution in [2.24, 2.45) is 0 Å². The number of nitrogens with zero attached hydrogens (tertiary/aromatic N) is 2. The summed E-state index contributed by atoms with van der Waals surface area (Å²) >= 11 is 1.47. The number of aromatic nitrogens is 1. The highest BCUT2D eigenvalue weighted by atomic mass is 32.1. The fourth-order valence-corrected chi connectivity index (χ4v) is 3.44. The third-order valence-corrected chi connectivity index (χ3v) is 4.54. The molecular weight excluding hydrogens is 258 g/mol. The maximum absolute atomic E-state index is 10.4. The molecule has 102 valence electrons. The first kappa shape index (κ1) is 12.8. The first-order chi connectivity index (χ1) is 9.22. The Hall–Kier alpha value is -1.17. The predicted molar refractivity (Wildman–Crippen MR) is 79.3 cm³/mol. The normalized spacial score (nSPS) is 18.8. The third kappa shape index (κ3) is 2.88. The molecule has 1 atom stereocenters. The zero-order chi connectivity index (χ0) is 13.2. The van der Waals surface area contributed by atoms with Crippen molar-refractivity contribution in [3.05, 3.63) is 23.8 Å². The largest absolute Gasteiger partial charge is 0.387 e. The van der Waals surface area contributed by atoms with E-state index in [4.69, 9.17) is 5.73 Å². The molecule has 1 aliphatic rings. The molecule has 4 nitrogen and oxygen atoms in total. The van der Waals surface area contributed by atoms with Gasteiger partial charge in [-0.3, -0.25) is 0 Å². The second kappa shape index (κ2) is 5.45. The van der Waals surface area contributed by atoms with E-state index >= 15 is 0 Å². The fourth-order valence-electron chi connectivity index (χ4n) is 2.66. The number of fused-ring (bicyclic) bond motifs is 1. The standard InChI is InChI=1S/C14H19N3OS/c15-14-16-11-5-4-10(8-13(11)19-14)12(18)9-17-6-2-1-3-7-17/h4-5,8,12,18H,1-3,6-7,9H2,(H2,15,16)/t12-/m0/s1. The van der Waals surface area contributed by atoms with Gasteiger partial charge in [-0.15, -0.1) is 0 Å². The lowest BCUT2D eigenvalue weighted by molar-refractivity contribution is 0.102. The van der Waals surface area contributed by atoms with Crippen molar-refractivity contribution in [3.63, 3.8) is 0 Å². The van der Waals surface area contributed by atoms with Gasteiger partial charge in [-0.1, -0.05) is 23.8 Å². The van der Waals surface area contributed by atoms with Crippen molar-refractivity contribution in [3.8, 4) is 0 Å². The number of hydrogen-bond donors (Lipinski definition) is 2. The summed E-state index contributed by atoms with van der Waals surface area (Å²) in [6.07, 6.45) is 3.39. The maximum Gasteiger partial charge on any atom is 0.181 e. The molecule has 1 fully saturated rings. The van der Waals surface area contributed by atoms with Gasteiger partial charge in [0.25, 0.3) is 0 Å². The number of thiazole rings is 1. The lowest BCUT2D eigenvalue weighted by Gasteiger charge is -2.28. The van der Waals surface area contributed by atoms with Gasteiger partial charge in [-0.05, 0) is 43.6 Å². The van der Waals surface area contributed by atoms with E-state index in [2.05, 4.69) is 9.88 Å². The second-order valence-electron chi connectivity index (χ2n) is 5.16. The highest BCUT2D eigenvalue weighted by Crippen LogP contribution is 2.27. The molecule has 5 heteroatoms. The van der Waals surface area contributed by atoms with E-state index in [9.17, 15) is 5.11 Å². The molecule has 1 saturated heterocycles. The van der Waals surface area contributed by atoms with Crippen LogP contribution in [-0.2, 0) is 0 Å². The number of aliphatic hydroxyl groups excluding tert-OH is 1. The quantitative estimate of drug-likeness (QED) is 0.904. The molecule has 0 unspecified atom stereocenters. The Labute approximate surface area is 116 Å². The van der Waals surface area contributed by atoms with Crippen molar-refractivity contribution in [1.29, 1.82) is 0 Å². The van der Waals surface area contributed by atoms with Gasteiger partial charge in [0, 0.05) is 6.54 Å². The van der Waals surface area contributed by atoms with Gasteiger partial charge in [0.05, 0.1) is 16.3 Å². The average Bonchev–Trinajstić information content (AvgIpc) is 2.78. The predicted octanol–water partition coefficient (Wildman–Crippen LogP) is 2.40. The number of piperidine rings is 1. The van der Waals surface area contributed by atoms with E-state index < -0.39 is 6.10 Å². The summed E-state index contributed by atoms with van der Waals surface area (Å²) in [5.74, 6) is 0. The molecule has 1 aromatic carbocycles. The molecule has 3 rings (SSSR count). The zero-order valence-corrected chi connectivity index (χ0v) is 11.7. The van der Waals surface area contributed by atoms with Gasteiger partial charge < -0.3 is 15.7 Å². The zero-order valence-electron chi connectivity index (χ0n) is 10.9. The molecule has 1 aromatic heterocycles. The number of β-amino-alcohol motifs (C(OH)–C–C–N with tert-alkyl or cyclic N) is 1. The van der Waals surface area contributed by atoms with E-state index in [0.29, 0.717) is 5.13 Å². The molecule has 1 aliphatic heterocycles. The number of nitrogen functional groups attached to an aromatic ring is 1. The Morgan fingerprint density at radius 2 is 2.11 bits per heavy atom. The number of rotatable bonds is 3. The van der Waals surface area contributed by atoms with Crippen LogP contribution < -0.4 is 5.73 Å². The van der Waals surface area contributed by atoms with Crippen molar-refractivity contribution in [2.45, 2.75) is 25.4 Å². The van der Waals surface area contributed by atoms with Crippen LogP contribution in [-0.4, -0.2) is 34.6 Å². The van der Waals surface area contributed by atoms with Gasteiger partial charge in [-0.2, -0.15) is 0 Å². The lowest BCUT2D eigenvalue weighted by Crippen LogP contribution is -2.33. The molecule has 0 saturated carbocycles. The van der Waals surface area contributed by atoms with Crippen molar-refractivity contribution < 1.29 is 5.11 Å². The van der Waals surface area contributed by atoms with E-state index in [1.165, 1.54) is 30.6 Å². The molecule has 19 heavy (non-hydrogen) atoms. The molecule has 0 radical (unpaired) electrons. The summed E-state index contributed by atoms with van der Waals surface area (Å²) in [5.41, 5.74) is 7.58. The molecule has 0 aliphatic carbocycles. The van der Waals surface area contributed by atoms with Gasteiger partial charge in [-0.25, -0.2) is 4.98 Å². The van der Waals surface area contributed by atoms with Crippen LogP contribution in [0.5, 0.6) is 0 Å². The minimum Gasteiger partial charge on any atom is -0.387 e. The van der Waals surface area contributed by atoms with Crippen LogP contribution in [0.1, 0.15) is 30.9 Å². The van der Waals surface area contributed by atoms with Crippen LogP contribution in [0.2, 0.25) is 0 Å². The lowest BCUT2D eigenvalue weighted by atomic mass is 10.1. The average molecular weight is 277 g/mol. The molecule has 0 spiro atoms. The molecule has 2 aromatic rings. The molecule has 3 N–H and O–H groups in total. The number of nitrogens with two attached hydrogens (primary N) is 1. The Kier molecular flexibility index (Phi) is 3.68. The van der Waals surface area contributed by atoms with Gasteiger partial charge in [0.1, 0.15) is 0 Å².